The van der Waals surface area contributed by atoms with Crippen LogP contribution < -0.4 is 29.7 Å². The number of nitrogens with zero attached hydrogens (tertiary/aromatic N) is 4. The fraction of sp³-hybridized carbons (Fsp3) is 0.500. The molecule has 2 aliphatic heterocycles. The average molecular weight is 661 g/mol. The van der Waals surface area contributed by atoms with Gasteiger partial charge < -0.3 is 34.1 Å². The SMILES string of the molecule is CC(C)(C)NC[C@@H](COc1nsnc1N1CCOCC1)OC(=O)c1cc(N2CCCC2)c(Oc2ccccc2)c(S(N)(=O)=O)c1. The topological polar surface area (TPSA) is 158 Å². The van der Waals surface area contributed by atoms with Gasteiger partial charge in [-0.2, -0.15) is 4.37 Å². The van der Waals surface area contributed by atoms with Gasteiger partial charge in [-0.25, -0.2) is 18.4 Å². The Morgan fingerprint density at radius 1 is 1.07 bits per heavy atom. The normalized spacial score (nSPS) is 16.4. The van der Waals surface area contributed by atoms with E-state index in [1.807, 2.05) is 36.6 Å². The molecule has 2 saturated heterocycles. The number of benzene rings is 2. The zero-order valence-corrected chi connectivity index (χ0v) is 27.4. The Bertz CT molecular complexity index is 1550. The molecule has 2 aromatic carbocycles. The van der Waals surface area contributed by atoms with Crippen molar-refractivity contribution in [3.05, 3.63) is 48.0 Å². The van der Waals surface area contributed by atoms with E-state index >= 15 is 0 Å². The van der Waals surface area contributed by atoms with Gasteiger partial charge in [0.2, 0.25) is 15.8 Å². The maximum atomic E-state index is 13.7. The Labute approximate surface area is 268 Å². The van der Waals surface area contributed by atoms with E-state index in [4.69, 9.17) is 24.1 Å². The highest BCUT2D eigenvalue weighted by molar-refractivity contribution is 7.89. The van der Waals surface area contributed by atoms with Crippen molar-refractivity contribution in [1.29, 1.82) is 0 Å². The summed E-state index contributed by atoms with van der Waals surface area (Å²) >= 11 is 1.04. The van der Waals surface area contributed by atoms with Crippen LogP contribution in [0.3, 0.4) is 0 Å². The molecule has 3 heterocycles. The van der Waals surface area contributed by atoms with Gasteiger partial charge in [0, 0.05) is 38.3 Å². The summed E-state index contributed by atoms with van der Waals surface area (Å²) in [6, 6.07) is 11.7. The summed E-state index contributed by atoms with van der Waals surface area (Å²) in [5, 5.41) is 9.04. The number of carbonyl (C=O) groups excluding carboxylic acids is 1. The van der Waals surface area contributed by atoms with Crippen LogP contribution >= 0.6 is 11.7 Å². The number of esters is 1. The van der Waals surface area contributed by atoms with Gasteiger partial charge in [0.1, 0.15) is 23.4 Å². The highest BCUT2D eigenvalue weighted by Gasteiger charge is 2.30. The Hall–Kier alpha value is -3.50. The summed E-state index contributed by atoms with van der Waals surface area (Å²) < 4.78 is 58.1. The molecule has 1 atom stereocenters. The van der Waals surface area contributed by atoms with Gasteiger partial charge >= 0.3 is 5.97 Å². The molecule has 3 aromatic rings. The number of ether oxygens (including phenoxy) is 4. The molecule has 5 rings (SSSR count). The lowest BCUT2D eigenvalue weighted by Crippen LogP contribution is -2.44. The van der Waals surface area contributed by atoms with E-state index in [0.717, 1.165) is 24.6 Å². The van der Waals surface area contributed by atoms with Crippen LogP contribution in [0.15, 0.2) is 47.4 Å². The molecule has 13 nitrogen and oxygen atoms in total. The molecule has 45 heavy (non-hydrogen) atoms. The minimum atomic E-state index is -4.30. The number of nitrogens with one attached hydrogen (secondary N) is 1. The number of hydrogen-bond donors (Lipinski definition) is 2. The van der Waals surface area contributed by atoms with E-state index in [-0.39, 0.29) is 34.9 Å². The van der Waals surface area contributed by atoms with E-state index in [9.17, 15) is 13.2 Å². The highest BCUT2D eigenvalue weighted by Crippen LogP contribution is 2.40. The second kappa shape index (κ2) is 14.3. The quantitative estimate of drug-likeness (QED) is 0.273. The van der Waals surface area contributed by atoms with Crippen molar-refractivity contribution in [2.45, 2.75) is 50.2 Å². The first-order valence-corrected chi connectivity index (χ1v) is 17.2. The van der Waals surface area contributed by atoms with Gasteiger partial charge in [0.15, 0.2) is 5.75 Å². The summed E-state index contributed by atoms with van der Waals surface area (Å²) in [7, 11) is -4.30. The fourth-order valence-electron chi connectivity index (χ4n) is 5.00. The molecule has 15 heteroatoms. The molecule has 2 fully saturated rings. The zero-order chi connectivity index (χ0) is 32.0. The maximum Gasteiger partial charge on any atom is 0.338 e. The van der Waals surface area contributed by atoms with Crippen molar-refractivity contribution in [3.63, 3.8) is 0 Å². The molecule has 244 valence electrons. The van der Waals surface area contributed by atoms with Gasteiger partial charge in [-0.1, -0.05) is 18.2 Å². The van der Waals surface area contributed by atoms with Gasteiger partial charge in [-0.05, 0) is 57.9 Å². The summed E-state index contributed by atoms with van der Waals surface area (Å²) in [5.74, 6) is 0.772. The Balaban J connectivity index is 1.42. The third kappa shape index (κ3) is 8.82. The van der Waals surface area contributed by atoms with Crippen molar-refractivity contribution in [2.24, 2.45) is 5.14 Å². The molecule has 2 aliphatic rings. The van der Waals surface area contributed by atoms with Crippen molar-refractivity contribution in [3.8, 4) is 17.4 Å². The van der Waals surface area contributed by atoms with Crippen LogP contribution in [0.5, 0.6) is 17.4 Å². The lowest BCUT2D eigenvalue weighted by atomic mass is 10.1. The Kier molecular flexibility index (Phi) is 10.4. The van der Waals surface area contributed by atoms with E-state index in [1.165, 1.54) is 6.07 Å². The first-order chi connectivity index (χ1) is 21.5. The maximum absolute atomic E-state index is 13.7. The number of hydrogen-bond acceptors (Lipinski definition) is 13. The highest BCUT2D eigenvalue weighted by atomic mass is 32.2. The second-order valence-electron chi connectivity index (χ2n) is 11.9. The third-order valence-corrected chi connectivity index (χ3v) is 8.70. The van der Waals surface area contributed by atoms with Gasteiger partial charge in [-0.15, -0.1) is 4.37 Å². The summed E-state index contributed by atoms with van der Waals surface area (Å²) in [4.78, 5) is 17.5. The standard InChI is InChI=1S/C30H40N6O7S2/c1-30(2,3)32-19-23(20-41-28-27(33-44-34-28)36-13-15-40-16-14-36)43-29(37)21-17-24(35-11-7-8-12-35)26(25(18-21)45(31,38)39)42-22-9-5-4-6-10-22/h4-6,9-10,17-18,23,32H,7-8,11-16,19-20H2,1-3H3,(H2,31,38,39)/t23-/m0/s1. The molecule has 0 spiro atoms. The number of primary sulfonamides is 1. The summed E-state index contributed by atoms with van der Waals surface area (Å²) in [6.07, 6.45) is 1.09. The number of nitrogens with two attached hydrogens (primary N) is 1. The second-order valence-corrected chi connectivity index (χ2v) is 14.0. The number of aromatic nitrogens is 2. The first-order valence-electron chi connectivity index (χ1n) is 14.9. The van der Waals surface area contributed by atoms with Gasteiger partial charge in [0.05, 0.1) is 36.2 Å². The van der Waals surface area contributed by atoms with E-state index in [2.05, 4.69) is 14.1 Å². The lowest BCUT2D eigenvalue weighted by Gasteiger charge is -2.28. The van der Waals surface area contributed by atoms with E-state index in [1.54, 1.807) is 30.3 Å². The molecule has 0 radical (unpaired) electrons. The Morgan fingerprint density at radius 3 is 2.44 bits per heavy atom. The van der Waals surface area contributed by atoms with Crippen molar-refractivity contribution >= 4 is 39.2 Å². The number of morpholine rings is 1. The molecule has 0 aliphatic carbocycles. The number of anilines is 2. The van der Waals surface area contributed by atoms with Crippen LogP contribution in [0.1, 0.15) is 44.0 Å². The summed E-state index contributed by atoms with van der Waals surface area (Å²) in [6.45, 7) is 10.1. The van der Waals surface area contributed by atoms with Crippen molar-refractivity contribution in [2.75, 3.05) is 62.3 Å². The minimum absolute atomic E-state index is 0.00615. The Morgan fingerprint density at radius 2 is 1.78 bits per heavy atom. The fourth-order valence-corrected chi connectivity index (χ4v) is 6.22. The monoisotopic (exact) mass is 660 g/mol. The molecule has 0 amide bonds. The molecule has 1 aromatic heterocycles. The summed E-state index contributed by atoms with van der Waals surface area (Å²) in [5.41, 5.74) is 0.219. The predicted octanol–water partition coefficient (Wildman–Crippen LogP) is 3.41. The molecular formula is C30H40N6O7S2. The molecule has 0 saturated carbocycles. The number of rotatable bonds is 12. The van der Waals surface area contributed by atoms with Crippen LogP contribution in [0.2, 0.25) is 0 Å². The zero-order valence-electron chi connectivity index (χ0n) is 25.7. The van der Waals surface area contributed by atoms with Crippen LogP contribution in [-0.2, 0) is 19.5 Å². The number of sulfonamides is 1. The van der Waals surface area contributed by atoms with Crippen LogP contribution in [0.4, 0.5) is 11.5 Å². The molecule has 3 N–H and O–H groups in total. The molecular weight excluding hydrogens is 620 g/mol. The van der Waals surface area contributed by atoms with Crippen LogP contribution in [0.25, 0.3) is 0 Å². The van der Waals surface area contributed by atoms with Crippen LogP contribution in [-0.4, -0.2) is 87.3 Å². The van der Waals surface area contributed by atoms with E-state index in [0.29, 0.717) is 62.5 Å². The largest absolute Gasteiger partial charge is 0.470 e. The van der Waals surface area contributed by atoms with Crippen molar-refractivity contribution in [1.82, 2.24) is 14.1 Å². The molecule has 0 unspecified atom stereocenters. The minimum Gasteiger partial charge on any atom is -0.470 e. The third-order valence-electron chi connectivity index (χ3n) is 7.28. The lowest BCUT2D eigenvalue weighted by molar-refractivity contribution is 0.0156. The van der Waals surface area contributed by atoms with E-state index < -0.39 is 22.1 Å². The van der Waals surface area contributed by atoms with Crippen LogP contribution in [0, 0.1) is 0 Å². The van der Waals surface area contributed by atoms with Crippen molar-refractivity contribution < 1.29 is 32.2 Å². The van der Waals surface area contributed by atoms with Gasteiger partial charge in [0.25, 0.3) is 5.88 Å². The number of carbonyl (C=O) groups is 1. The molecule has 0 bridgehead atoms. The van der Waals surface area contributed by atoms with Gasteiger partial charge in [-0.3, -0.25) is 0 Å². The smallest absolute Gasteiger partial charge is 0.338 e. The number of para-hydroxylation sites is 1. The average Bonchev–Trinajstić information content (AvgIpc) is 3.71. The predicted molar refractivity (Wildman–Crippen MR) is 171 cm³/mol. The first kappa shape index (κ1) is 32.9.